The molecule has 0 radical (unpaired) electrons. The van der Waals surface area contributed by atoms with Crippen LogP contribution in [0.15, 0.2) is 30.3 Å². The van der Waals surface area contributed by atoms with Gasteiger partial charge in [0, 0.05) is 0 Å². The molecule has 3 atom stereocenters. The van der Waals surface area contributed by atoms with Crippen LogP contribution in [0.4, 0.5) is 4.79 Å². The molecule has 1 unspecified atom stereocenters. The van der Waals surface area contributed by atoms with Crippen LogP contribution in [0.25, 0.3) is 0 Å². The molecule has 1 saturated heterocycles. The molecule has 1 aliphatic rings. The highest BCUT2D eigenvalue weighted by molar-refractivity contribution is 5.86. The molecule has 5 nitrogen and oxygen atoms in total. The van der Waals surface area contributed by atoms with Crippen LogP contribution >= 0.6 is 0 Å². The molecular formula is C16H21NO4. The van der Waals surface area contributed by atoms with E-state index in [1.807, 2.05) is 18.2 Å². The Kier molecular flexibility index (Phi) is 5.20. The van der Waals surface area contributed by atoms with Crippen LogP contribution in [0.3, 0.4) is 0 Å². The van der Waals surface area contributed by atoms with E-state index in [2.05, 4.69) is 24.4 Å². The highest BCUT2D eigenvalue weighted by Gasteiger charge is 2.40. The molecule has 21 heavy (non-hydrogen) atoms. The molecule has 114 valence electrons. The first-order valence-corrected chi connectivity index (χ1v) is 7.30. The van der Waals surface area contributed by atoms with Gasteiger partial charge in [0.1, 0.15) is 6.10 Å². The van der Waals surface area contributed by atoms with Crippen LogP contribution < -0.4 is 5.32 Å². The highest BCUT2D eigenvalue weighted by atomic mass is 16.6. The van der Waals surface area contributed by atoms with Gasteiger partial charge in [0.2, 0.25) is 0 Å². The number of rotatable bonds is 6. The van der Waals surface area contributed by atoms with E-state index in [-0.39, 0.29) is 6.10 Å². The fourth-order valence-corrected chi connectivity index (χ4v) is 2.41. The van der Waals surface area contributed by atoms with E-state index in [1.165, 1.54) is 5.56 Å². The summed E-state index contributed by atoms with van der Waals surface area (Å²) in [5, 5.41) is 2.51. The zero-order chi connectivity index (χ0) is 15.2. The smallest absolute Gasteiger partial charge is 0.407 e. The van der Waals surface area contributed by atoms with Gasteiger partial charge in [-0.3, -0.25) is 0 Å². The number of ether oxygens (including phenoxy) is 2. The predicted octanol–water partition coefficient (Wildman–Crippen LogP) is 2.61. The second kappa shape index (κ2) is 7.11. The maximum absolute atomic E-state index is 11.6. The van der Waals surface area contributed by atoms with Crippen molar-refractivity contribution in [2.75, 3.05) is 6.61 Å². The van der Waals surface area contributed by atoms with Gasteiger partial charge in [-0.25, -0.2) is 9.59 Å². The number of benzene rings is 1. The van der Waals surface area contributed by atoms with Crippen LogP contribution in [0.1, 0.15) is 38.2 Å². The average molecular weight is 291 g/mol. The van der Waals surface area contributed by atoms with Gasteiger partial charge in [0.25, 0.3) is 0 Å². The number of amides is 1. The molecule has 1 heterocycles. The number of alkyl carbamates (subject to hydrolysis) is 1. The molecule has 0 bridgehead atoms. The summed E-state index contributed by atoms with van der Waals surface area (Å²) in [6.07, 6.45) is 0.906. The van der Waals surface area contributed by atoms with Crippen molar-refractivity contribution in [1.29, 1.82) is 0 Å². The Morgan fingerprint density at radius 3 is 2.67 bits per heavy atom. The third-order valence-corrected chi connectivity index (χ3v) is 3.76. The Bertz CT molecular complexity index is 488. The lowest BCUT2D eigenvalue weighted by Crippen LogP contribution is -2.58. The van der Waals surface area contributed by atoms with Crippen molar-refractivity contribution in [1.82, 2.24) is 5.32 Å². The van der Waals surface area contributed by atoms with E-state index in [4.69, 9.17) is 9.47 Å². The van der Waals surface area contributed by atoms with E-state index in [1.54, 1.807) is 6.92 Å². The monoisotopic (exact) mass is 291 g/mol. The minimum atomic E-state index is -0.575. The van der Waals surface area contributed by atoms with E-state index in [0.29, 0.717) is 12.5 Å². The average Bonchev–Trinajstić information content (AvgIpc) is 2.50. The van der Waals surface area contributed by atoms with Gasteiger partial charge < -0.3 is 14.8 Å². The van der Waals surface area contributed by atoms with Crippen molar-refractivity contribution >= 4 is 12.1 Å². The molecule has 5 heteroatoms. The van der Waals surface area contributed by atoms with Crippen molar-refractivity contribution in [2.45, 2.75) is 44.8 Å². The standard InChI is InChI=1S/C16H21NO4/c1-3-12(13-7-5-4-6-8-13)9-10-20-16(19)17-14-11(2)21-15(14)18/h4-8,11-12,14H,3,9-10H2,1-2H3,(H,17,19)/t11-,12?,14+/m0/s1. The van der Waals surface area contributed by atoms with Crippen molar-refractivity contribution in [3.8, 4) is 0 Å². The second-order valence-corrected chi connectivity index (χ2v) is 5.20. The summed E-state index contributed by atoms with van der Waals surface area (Å²) in [5.41, 5.74) is 1.25. The number of nitrogens with one attached hydrogen (secondary N) is 1. The zero-order valence-corrected chi connectivity index (χ0v) is 12.4. The van der Waals surface area contributed by atoms with Crippen LogP contribution in [-0.4, -0.2) is 30.8 Å². The normalized spacial score (nSPS) is 21.9. The van der Waals surface area contributed by atoms with E-state index in [9.17, 15) is 9.59 Å². The first kappa shape index (κ1) is 15.4. The summed E-state index contributed by atoms with van der Waals surface area (Å²) in [4.78, 5) is 22.7. The second-order valence-electron chi connectivity index (χ2n) is 5.20. The van der Waals surface area contributed by atoms with Gasteiger partial charge in [0.15, 0.2) is 6.04 Å². The van der Waals surface area contributed by atoms with Crippen molar-refractivity contribution < 1.29 is 19.1 Å². The summed E-state index contributed by atoms with van der Waals surface area (Å²) in [7, 11) is 0. The largest absolute Gasteiger partial charge is 0.458 e. The number of esters is 1. The van der Waals surface area contributed by atoms with E-state index >= 15 is 0 Å². The molecule has 0 aliphatic carbocycles. The number of carbonyl (C=O) groups is 2. The Morgan fingerprint density at radius 1 is 1.38 bits per heavy atom. The van der Waals surface area contributed by atoms with Gasteiger partial charge in [0.05, 0.1) is 6.61 Å². The quantitative estimate of drug-likeness (QED) is 0.818. The van der Waals surface area contributed by atoms with Gasteiger partial charge in [-0.05, 0) is 31.2 Å². The summed E-state index contributed by atoms with van der Waals surface area (Å²) >= 11 is 0. The third-order valence-electron chi connectivity index (χ3n) is 3.76. The fraction of sp³-hybridized carbons (Fsp3) is 0.500. The number of cyclic esters (lactones) is 1. The van der Waals surface area contributed by atoms with E-state index in [0.717, 1.165) is 12.8 Å². The molecule has 1 fully saturated rings. The fourth-order valence-electron chi connectivity index (χ4n) is 2.41. The Morgan fingerprint density at radius 2 is 2.10 bits per heavy atom. The number of hydrogen-bond donors (Lipinski definition) is 1. The molecule has 0 saturated carbocycles. The molecular weight excluding hydrogens is 270 g/mol. The van der Waals surface area contributed by atoms with Crippen molar-refractivity contribution in [2.24, 2.45) is 0 Å². The van der Waals surface area contributed by atoms with Crippen molar-refractivity contribution in [3.63, 3.8) is 0 Å². The lowest BCUT2D eigenvalue weighted by Gasteiger charge is -2.32. The minimum absolute atomic E-state index is 0.280. The molecule has 0 aromatic heterocycles. The molecule has 1 aromatic rings. The Balaban J connectivity index is 1.73. The molecule has 1 N–H and O–H groups in total. The topological polar surface area (TPSA) is 64.6 Å². The Hall–Kier alpha value is -2.04. The maximum Gasteiger partial charge on any atom is 0.407 e. The van der Waals surface area contributed by atoms with Crippen molar-refractivity contribution in [3.05, 3.63) is 35.9 Å². The first-order chi connectivity index (χ1) is 10.1. The number of carbonyl (C=O) groups excluding carboxylic acids is 2. The van der Waals surface area contributed by atoms with Gasteiger partial charge >= 0.3 is 12.1 Å². The van der Waals surface area contributed by atoms with Gasteiger partial charge in [-0.15, -0.1) is 0 Å². The summed E-state index contributed by atoms with van der Waals surface area (Å²) in [6.45, 7) is 4.17. The van der Waals surface area contributed by atoms with Gasteiger partial charge in [-0.2, -0.15) is 0 Å². The van der Waals surface area contributed by atoms with Crippen LogP contribution in [0.2, 0.25) is 0 Å². The molecule has 1 aliphatic heterocycles. The van der Waals surface area contributed by atoms with Crippen LogP contribution in [-0.2, 0) is 14.3 Å². The first-order valence-electron chi connectivity index (χ1n) is 7.30. The highest BCUT2D eigenvalue weighted by Crippen LogP contribution is 2.22. The summed E-state index contributed by atoms with van der Waals surface area (Å²) in [5.74, 6) is -0.0400. The Labute approximate surface area is 124 Å². The summed E-state index contributed by atoms with van der Waals surface area (Å²) in [6, 6.07) is 9.60. The number of hydrogen-bond acceptors (Lipinski definition) is 4. The van der Waals surface area contributed by atoms with Crippen LogP contribution in [0.5, 0.6) is 0 Å². The summed E-state index contributed by atoms with van der Waals surface area (Å²) < 4.78 is 9.90. The lowest BCUT2D eigenvalue weighted by molar-refractivity contribution is -0.174. The molecule has 1 aromatic carbocycles. The predicted molar refractivity (Wildman–Crippen MR) is 77.9 cm³/mol. The SMILES string of the molecule is CCC(CCOC(=O)N[C@H]1C(=O)O[C@H]1C)c1ccccc1. The van der Waals surface area contributed by atoms with Gasteiger partial charge in [-0.1, -0.05) is 37.3 Å². The zero-order valence-electron chi connectivity index (χ0n) is 12.4. The minimum Gasteiger partial charge on any atom is -0.458 e. The lowest BCUT2D eigenvalue weighted by atomic mass is 9.94. The maximum atomic E-state index is 11.6. The molecule has 2 rings (SSSR count). The van der Waals surface area contributed by atoms with E-state index < -0.39 is 18.1 Å². The molecule has 1 amide bonds. The van der Waals surface area contributed by atoms with Crippen LogP contribution in [0, 0.1) is 0 Å². The molecule has 0 spiro atoms. The third kappa shape index (κ3) is 3.97.